The molecule has 0 atom stereocenters. The van der Waals surface area contributed by atoms with E-state index in [-0.39, 0.29) is 5.56 Å². The number of rotatable bonds is 5. The molecular weight excluding hydrogens is 411 g/mol. The number of amides is 1. The molecule has 0 saturated heterocycles. The largest absolute Gasteiger partial charge is 0.452 e. The van der Waals surface area contributed by atoms with Crippen molar-refractivity contribution in [1.82, 2.24) is 14.6 Å². The van der Waals surface area contributed by atoms with Crippen LogP contribution in [0.25, 0.3) is 5.65 Å². The van der Waals surface area contributed by atoms with E-state index in [1.807, 2.05) is 0 Å². The molecule has 13 heteroatoms. The van der Waals surface area contributed by atoms with Gasteiger partial charge < -0.3 is 10.1 Å². The molecule has 156 valence electrons. The fraction of sp³-hybridized carbons (Fsp3) is 0.176. The molecule has 10 nitrogen and oxygen atoms in total. The number of fused-ring (bicyclic) bond motifs is 1. The van der Waals surface area contributed by atoms with Crippen molar-refractivity contribution in [3.8, 4) is 0 Å². The molecule has 0 aliphatic rings. The normalized spacial score (nSPS) is 11.3. The zero-order valence-corrected chi connectivity index (χ0v) is 15.1. The van der Waals surface area contributed by atoms with Crippen molar-refractivity contribution < 1.29 is 32.4 Å². The smallest absolute Gasteiger partial charge is 0.416 e. The summed E-state index contributed by atoms with van der Waals surface area (Å²) in [6, 6.07) is 4.57. The van der Waals surface area contributed by atoms with Gasteiger partial charge in [-0.1, -0.05) is 0 Å². The molecule has 30 heavy (non-hydrogen) atoms. The Balaban J connectivity index is 1.68. The molecule has 0 aliphatic heterocycles. The van der Waals surface area contributed by atoms with Crippen LogP contribution in [0.1, 0.15) is 21.7 Å². The number of nitrogens with one attached hydrogen (secondary N) is 1. The number of benzene rings is 1. The zero-order chi connectivity index (χ0) is 22.1. The molecule has 0 bridgehead atoms. The summed E-state index contributed by atoms with van der Waals surface area (Å²) >= 11 is 0. The summed E-state index contributed by atoms with van der Waals surface area (Å²) < 4.78 is 44.5. The van der Waals surface area contributed by atoms with E-state index in [4.69, 9.17) is 4.74 Å². The Kier molecular flexibility index (Phi) is 5.36. The Morgan fingerprint density at radius 1 is 1.23 bits per heavy atom. The van der Waals surface area contributed by atoms with Crippen molar-refractivity contribution in [3.63, 3.8) is 0 Å². The van der Waals surface area contributed by atoms with Crippen LogP contribution in [0.2, 0.25) is 0 Å². The summed E-state index contributed by atoms with van der Waals surface area (Å²) in [6.45, 7) is 0.857. The first-order valence-corrected chi connectivity index (χ1v) is 8.20. The van der Waals surface area contributed by atoms with Gasteiger partial charge in [0, 0.05) is 12.3 Å². The van der Waals surface area contributed by atoms with Crippen LogP contribution in [0.15, 0.2) is 36.5 Å². The van der Waals surface area contributed by atoms with Crippen LogP contribution in [-0.4, -0.2) is 38.0 Å². The second kappa shape index (κ2) is 7.77. The third kappa shape index (κ3) is 4.34. The van der Waals surface area contributed by atoms with Crippen molar-refractivity contribution >= 4 is 28.9 Å². The van der Waals surface area contributed by atoms with Crippen molar-refractivity contribution in [2.45, 2.75) is 13.1 Å². The molecule has 1 N–H and O–H groups in total. The molecular formula is C17H12F3N5O5. The zero-order valence-electron chi connectivity index (χ0n) is 15.1. The lowest BCUT2D eigenvalue weighted by molar-refractivity contribution is -0.384. The molecule has 0 spiro atoms. The van der Waals surface area contributed by atoms with Gasteiger partial charge in [0.15, 0.2) is 12.3 Å². The first-order valence-electron chi connectivity index (χ1n) is 8.20. The average Bonchev–Trinajstić information content (AvgIpc) is 3.05. The van der Waals surface area contributed by atoms with Crippen LogP contribution in [0.5, 0.6) is 0 Å². The molecule has 0 aliphatic carbocycles. The lowest BCUT2D eigenvalue weighted by Gasteiger charge is -2.10. The number of alkyl halides is 3. The topological polar surface area (TPSA) is 129 Å². The Labute approximate surface area is 165 Å². The average molecular weight is 423 g/mol. The van der Waals surface area contributed by atoms with Crippen LogP contribution in [-0.2, 0) is 15.7 Å². The van der Waals surface area contributed by atoms with Gasteiger partial charge in [0.1, 0.15) is 11.5 Å². The van der Waals surface area contributed by atoms with Crippen molar-refractivity contribution in [2.24, 2.45) is 0 Å². The molecule has 0 unspecified atom stereocenters. The van der Waals surface area contributed by atoms with Crippen molar-refractivity contribution in [3.05, 3.63) is 63.6 Å². The number of aromatic nitrogens is 3. The van der Waals surface area contributed by atoms with Gasteiger partial charge in [0.2, 0.25) is 0 Å². The highest BCUT2D eigenvalue weighted by Gasteiger charge is 2.33. The molecule has 0 fully saturated rings. The lowest BCUT2D eigenvalue weighted by Crippen LogP contribution is -2.21. The van der Waals surface area contributed by atoms with Crippen LogP contribution in [0.4, 0.5) is 24.5 Å². The number of ether oxygens (including phenoxy) is 1. The lowest BCUT2D eigenvalue weighted by atomic mass is 10.1. The van der Waals surface area contributed by atoms with Crippen LogP contribution < -0.4 is 5.32 Å². The van der Waals surface area contributed by atoms with Gasteiger partial charge >= 0.3 is 12.1 Å². The SMILES string of the molecule is Cc1nnc2ccc(C(=O)OCC(=O)Nc3ccc(C(F)(F)F)cc3[N+](=O)[O-])cn12. The van der Waals surface area contributed by atoms with Crippen LogP contribution >= 0.6 is 0 Å². The molecule has 0 radical (unpaired) electrons. The van der Waals surface area contributed by atoms with Crippen LogP contribution in [0, 0.1) is 17.0 Å². The number of hydrogen-bond acceptors (Lipinski definition) is 7. The molecule has 3 aromatic rings. The van der Waals surface area contributed by atoms with Gasteiger partial charge in [0.05, 0.1) is 16.1 Å². The van der Waals surface area contributed by atoms with E-state index < -0.39 is 46.5 Å². The van der Waals surface area contributed by atoms with Gasteiger partial charge in [-0.05, 0) is 31.2 Å². The van der Waals surface area contributed by atoms with E-state index in [1.165, 1.54) is 22.7 Å². The van der Waals surface area contributed by atoms with Gasteiger partial charge in [0.25, 0.3) is 11.6 Å². The quantitative estimate of drug-likeness (QED) is 0.380. The van der Waals surface area contributed by atoms with E-state index in [0.717, 1.165) is 6.07 Å². The molecule has 2 heterocycles. The predicted molar refractivity (Wildman–Crippen MR) is 94.7 cm³/mol. The number of aryl methyl sites for hydroxylation is 1. The molecule has 0 saturated carbocycles. The number of halogens is 3. The number of anilines is 1. The summed E-state index contributed by atoms with van der Waals surface area (Å²) in [7, 11) is 0. The van der Waals surface area contributed by atoms with E-state index >= 15 is 0 Å². The minimum Gasteiger partial charge on any atom is -0.452 e. The number of nitrogens with zero attached hydrogens (tertiary/aromatic N) is 4. The summed E-state index contributed by atoms with van der Waals surface area (Å²) in [4.78, 5) is 34.1. The van der Waals surface area contributed by atoms with E-state index in [1.54, 1.807) is 6.92 Å². The Bertz CT molecular complexity index is 1160. The highest BCUT2D eigenvalue weighted by Crippen LogP contribution is 2.34. The first-order chi connectivity index (χ1) is 14.1. The minimum atomic E-state index is -4.78. The number of nitro groups is 1. The maximum atomic E-state index is 12.7. The number of carbonyl (C=O) groups excluding carboxylic acids is 2. The third-order valence-electron chi connectivity index (χ3n) is 3.94. The summed E-state index contributed by atoms with van der Waals surface area (Å²) in [6.07, 6.45) is -3.38. The van der Waals surface area contributed by atoms with Gasteiger partial charge in [-0.3, -0.25) is 19.3 Å². The van der Waals surface area contributed by atoms with E-state index in [9.17, 15) is 32.9 Å². The van der Waals surface area contributed by atoms with E-state index in [0.29, 0.717) is 23.6 Å². The minimum absolute atomic E-state index is 0.0960. The summed E-state index contributed by atoms with van der Waals surface area (Å²) in [5.41, 5.74) is -2.05. The standard InChI is InChI=1S/C17H12F3N5O5/c1-9-22-23-14-5-2-10(7-24(9)14)16(27)30-8-15(26)21-12-4-3-11(17(18,19)20)6-13(12)25(28)29/h2-7H,8H2,1H3,(H,21,26). The molecule has 2 aromatic heterocycles. The van der Waals surface area contributed by atoms with Crippen LogP contribution in [0.3, 0.4) is 0 Å². The second-order valence-electron chi connectivity index (χ2n) is 6.00. The highest BCUT2D eigenvalue weighted by atomic mass is 19.4. The fourth-order valence-electron chi connectivity index (χ4n) is 2.49. The number of carbonyl (C=O) groups is 2. The number of esters is 1. The maximum absolute atomic E-state index is 12.7. The van der Waals surface area contributed by atoms with E-state index in [2.05, 4.69) is 15.5 Å². The third-order valence-corrected chi connectivity index (χ3v) is 3.94. The molecule has 1 aromatic carbocycles. The van der Waals surface area contributed by atoms with Gasteiger partial charge in [-0.25, -0.2) is 4.79 Å². The number of hydrogen-bond donors (Lipinski definition) is 1. The predicted octanol–water partition coefficient (Wildman–Crippen LogP) is 2.76. The second-order valence-corrected chi connectivity index (χ2v) is 6.00. The monoisotopic (exact) mass is 423 g/mol. The highest BCUT2D eigenvalue weighted by molar-refractivity contribution is 5.96. The van der Waals surface area contributed by atoms with Gasteiger partial charge in [-0.15, -0.1) is 10.2 Å². The van der Waals surface area contributed by atoms with Crippen molar-refractivity contribution in [1.29, 1.82) is 0 Å². The summed E-state index contributed by atoms with van der Waals surface area (Å²) in [5.74, 6) is -1.30. The van der Waals surface area contributed by atoms with Gasteiger partial charge in [-0.2, -0.15) is 13.2 Å². The number of nitro benzene ring substituents is 1. The number of pyridine rings is 1. The molecule has 1 amide bonds. The van der Waals surface area contributed by atoms with Crippen molar-refractivity contribution in [2.75, 3.05) is 11.9 Å². The molecule has 3 rings (SSSR count). The first kappa shape index (κ1) is 20.7. The Morgan fingerprint density at radius 2 is 1.97 bits per heavy atom. The Hall–Kier alpha value is -4.03. The maximum Gasteiger partial charge on any atom is 0.416 e. The summed E-state index contributed by atoms with van der Waals surface area (Å²) in [5, 5.41) is 20.8. The fourth-order valence-corrected chi connectivity index (χ4v) is 2.49. The Morgan fingerprint density at radius 3 is 2.63 bits per heavy atom.